The van der Waals surface area contributed by atoms with Gasteiger partial charge in [0.2, 0.25) is 0 Å². The monoisotopic (exact) mass is 292 g/mol. The van der Waals surface area contributed by atoms with Crippen LogP contribution in [0.5, 0.6) is 0 Å². The number of nitrogens with zero attached hydrogens (tertiary/aromatic N) is 2. The Balaban J connectivity index is 2.64. The molecule has 0 amide bonds. The van der Waals surface area contributed by atoms with Crippen LogP contribution in [0.1, 0.15) is 38.1 Å². The summed E-state index contributed by atoms with van der Waals surface area (Å²) < 4.78 is 3.15. The minimum absolute atomic E-state index is 0.266. The van der Waals surface area contributed by atoms with Gasteiger partial charge in [-0.15, -0.1) is 11.6 Å². The van der Waals surface area contributed by atoms with E-state index in [0.29, 0.717) is 0 Å². The van der Waals surface area contributed by atoms with Crippen LogP contribution in [0.15, 0.2) is 4.47 Å². The molecule has 1 aromatic rings. The first kappa shape index (κ1) is 13.0. The van der Waals surface area contributed by atoms with Crippen molar-refractivity contribution in [1.82, 2.24) is 9.78 Å². The fraction of sp³-hybridized carbons (Fsp3) is 0.727. The van der Waals surface area contributed by atoms with Crippen molar-refractivity contribution in [3.8, 4) is 0 Å². The van der Waals surface area contributed by atoms with Crippen LogP contribution in [0.3, 0.4) is 0 Å². The Morgan fingerprint density at radius 2 is 2.20 bits per heavy atom. The summed E-state index contributed by atoms with van der Waals surface area (Å²) in [6, 6.07) is 0. The van der Waals surface area contributed by atoms with E-state index in [2.05, 4.69) is 28.0 Å². The van der Waals surface area contributed by atoms with E-state index in [9.17, 15) is 0 Å². The van der Waals surface area contributed by atoms with Crippen LogP contribution < -0.4 is 0 Å². The molecule has 4 heteroatoms. The Morgan fingerprint density at radius 3 is 2.67 bits per heavy atom. The van der Waals surface area contributed by atoms with E-state index in [4.69, 9.17) is 11.6 Å². The second kappa shape index (κ2) is 5.90. The maximum absolute atomic E-state index is 5.92. The summed E-state index contributed by atoms with van der Waals surface area (Å²) in [4.78, 5) is 0. The number of halogens is 2. The first-order valence-corrected chi connectivity index (χ1v) is 6.63. The largest absolute Gasteiger partial charge is 0.271 e. The van der Waals surface area contributed by atoms with Gasteiger partial charge in [-0.05, 0) is 48.5 Å². The van der Waals surface area contributed by atoms with Crippen LogP contribution >= 0.6 is 27.5 Å². The molecule has 15 heavy (non-hydrogen) atoms. The number of aryl methyl sites for hydroxylation is 2. The molecule has 1 atom stereocenters. The molecule has 0 aliphatic carbocycles. The van der Waals surface area contributed by atoms with Crippen molar-refractivity contribution < 1.29 is 0 Å². The van der Waals surface area contributed by atoms with E-state index in [0.717, 1.165) is 31.4 Å². The first-order chi connectivity index (χ1) is 7.06. The summed E-state index contributed by atoms with van der Waals surface area (Å²) >= 11 is 9.54. The fourth-order valence-electron chi connectivity index (χ4n) is 1.64. The van der Waals surface area contributed by atoms with Gasteiger partial charge in [-0.3, -0.25) is 4.68 Å². The maximum atomic E-state index is 5.92. The van der Waals surface area contributed by atoms with E-state index in [1.165, 1.54) is 10.2 Å². The molecule has 0 bridgehead atoms. The molecule has 1 aromatic heterocycles. The number of hydrogen-bond donors (Lipinski definition) is 0. The standard InChI is InChI=1S/C11H18BrClN2/c1-4-9-11(12)10(15(3)14-9)7-5-6-8(2)13/h8H,4-7H2,1-3H3. The number of alkyl halides is 1. The minimum Gasteiger partial charge on any atom is -0.271 e. The third-order valence-corrected chi connectivity index (χ3v) is 3.65. The predicted octanol–water partition coefficient (Wildman–Crippen LogP) is 3.70. The SMILES string of the molecule is CCc1nn(C)c(CCCC(C)Cl)c1Br. The highest BCUT2D eigenvalue weighted by Crippen LogP contribution is 2.23. The second-order valence-electron chi connectivity index (χ2n) is 3.86. The molecule has 0 radical (unpaired) electrons. The van der Waals surface area contributed by atoms with Crippen molar-refractivity contribution in [2.24, 2.45) is 7.05 Å². The molecule has 0 fully saturated rings. The lowest BCUT2D eigenvalue weighted by Crippen LogP contribution is -2.00. The number of hydrogen-bond acceptors (Lipinski definition) is 1. The van der Waals surface area contributed by atoms with Gasteiger partial charge in [0.25, 0.3) is 0 Å². The Bertz CT molecular complexity index is 321. The van der Waals surface area contributed by atoms with Gasteiger partial charge in [0.1, 0.15) is 0 Å². The highest BCUT2D eigenvalue weighted by atomic mass is 79.9. The molecule has 1 heterocycles. The van der Waals surface area contributed by atoms with E-state index >= 15 is 0 Å². The summed E-state index contributed by atoms with van der Waals surface area (Å²) in [5.41, 5.74) is 2.43. The molecule has 0 aliphatic rings. The summed E-state index contributed by atoms with van der Waals surface area (Å²) in [5.74, 6) is 0. The lowest BCUT2D eigenvalue weighted by Gasteiger charge is -2.04. The molecular formula is C11H18BrClN2. The molecule has 1 unspecified atom stereocenters. The molecule has 1 rings (SSSR count). The van der Waals surface area contributed by atoms with Crippen molar-refractivity contribution in [2.45, 2.75) is 44.9 Å². The van der Waals surface area contributed by atoms with Gasteiger partial charge in [0.05, 0.1) is 15.9 Å². The third-order valence-electron chi connectivity index (χ3n) is 2.52. The summed E-state index contributed by atoms with van der Waals surface area (Å²) in [5, 5.41) is 4.73. The highest BCUT2D eigenvalue weighted by molar-refractivity contribution is 9.10. The molecule has 0 N–H and O–H groups in total. The van der Waals surface area contributed by atoms with E-state index < -0.39 is 0 Å². The quantitative estimate of drug-likeness (QED) is 0.757. The van der Waals surface area contributed by atoms with Gasteiger partial charge in [0.15, 0.2) is 0 Å². The molecule has 2 nitrogen and oxygen atoms in total. The van der Waals surface area contributed by atoms with Crippen molar-refractivity contribution in [3.05, 3.63) is 15.9 Å². The molecule has 0 saturated carbocycles. The van der Waals surface area contributed by atoms with Crippen LogP contribution in [-0.4, -0.2) is 15.2 Å². The van der Waals surface area contributed by atoms with E-state index in [1.807, 2.05) is 18.7 Å². The van der Waals surface area contributed by atoms with Crippen LogP contribution in [0.2, 0.25) is 0 Å². The number of aromatic nitrogens is 2. The summed E-state index contributed by atoms with van der Waals surface area (Å²) in [6.07, 6.45) is 4.19. The zero-order valence-corrected chi connectivity index (χ0v) is 11.9. The Morgan fingerprint density at radius 1 is 1.53 bits per heavy atom. The lowest BCUT2D eigenvalue weighted by atomic mass is 10.1. The van der Waals surface area contributed by atoms with Crippen molar-refractivity contribution in [2.75, 3.05) is 0 Å². The van der Waals surface area contributed by atoms with Crippen LogP contribution in [-0.2, 0) is 19.9 Å². The Kier molecular flexibility index (Phi) is 5.13. The first-order valence-electron chi connectivity index (χ1n) is 5.40. The lowest BCUT2D eigenvalue weighted by molar-refractivity contribution is 0.650. The third kappa shape index (κ3) is 3.49. The molecule has 0 spiro atoms. The van der Waals surface area contributed by atoms with E-state index in [1.54, 1.807) is 0 Å². The van der Waals surface area contributed by atoms with E-state index in [-0.39, 0.29) is 5.38 Å². The summed E-state index contributed by atoms with van der Waals surface area (Å²) in [7, 11) is 2.00. The van der Waals surface area contributed by atoms with Crippen molar-refractivity contribution >= 4 is 27.5 Å². The van der Waals surface area contributed by atoms with Crippen LogP contribution in [0.4, 0.5) is 0 Å². The molecule has 0 aliphatic heterocycles. The smallest absolute Gasteiger partial charge is 0.0766 e. The predicted molar refractivity (Wildman–Crippen MR) is 68.5 cm³/mol. The Labute approximate surface area is 105 Å². The molecular weight excluding hydrogens is 275 g/mol. The van der Waals surface area contributed by atoms with Crippen molar-refractivity contribution in [1.29, 1.82) is 0 Å². The normalized spacial score (nSPS) is 13.1. The second-order valence-corrected chi connectivity index (χ2v) is 5.40. The van der Waals surface area contributed by atoms with Gasteiger partial charge in [0, 0.05) is 12.4 Å². The van der Waals surface area contributed by atoms with Gasteiger partial charge in [-0.1, -0.05) is 6.92 Å². The summed E-state index contributed by atoms with van der Waals surface area (Å²) in [6.45, 7) is 4.16. The molecule has 86 valence electrons. The van der Waals surface area contributed by atoms with Crippen LogP contribution in [0.25, 0.3) is 0 Å². The average molecular weight is 294 g/mol. The Hall–Kier alpha value is -0.0200. The maximum Gasteiger partial charge on any atom is 0.0766 e. The zero-order valence-electron chi connectivity index (χ0n) is 9.56. The minimum atomic E-state index is 0.266. The average Bonchev–Trinajstić information content (AvgIpc) is 2.44. The van der Waals surface area contributed by atoms with Gasteiger partial charge >= 0.3 is 0 Å². The van der Waals surface area contributed by atoms with Crippen LogP contribution in [0, 0.1) is 0 Å². The van der Waals surface area contributed by atoms with Crippen molar-refractivity contribution in [3.63, 3.8) is 0 Å². The topological polar surface area (TPSA) is 17.8 Å². The molecule has 0 saturated heterocycles. The molecule has 0 aromatic carbocycles. The zero-order chi connectivity index (χ0) is 11.4. The highest BCUT2D eigenvalue weighted by Gasteiger charge is 2.11. The van der Waals surface area contributed by atoms with Gasteiger partial charge in [-0.25, -0.2) is 0 Å². The van der Waals surface area contributed by atoms with Gasteiger partial charge < -0.3 is 0 Å². The van der Waals surface area contributed by atoms with Gasteiger partial charge in [-0.2, -0.15) is 5.10 Å². The fourth-order valence-corrected chi connectivity index (χ4v) is 2.61. The number of rotatable bonds is 5.